The minimum absolute atomic E-state index is 0.299. The van der Waals surface area contributed by atoms with Crippen LogP contribution in [0.4, 0.5) is 0 Å². The summed E-state index contributed by atoms with van der Waals surface area (Å²) in [5.74, 6) is 1.81. The molecule has 0 atom stereocenters. The van der Waals surface area contributed by atoms with Crippen molar-refractivity contribution < 1.29 is 9.26 Å². The summed E-state index contributed by atoms with van der Waals surface area (Å²) in [5.41, 5.74) is 4.60. The molecule has 3 heterocycles. The maximum absolute atomic E-state index is 5.82. The van der Waals surface area contributed by atoms with Gasteiger partial charge >= 0.3 is 0 Å². The highest BCUT2D eigenvalue weighted by Gasteiger charge is 2.15. The van der Waals surface area contributed by atoms with E-state index in [9.17, 15) is 0 Å². The molecule has 0 aliphatic carbocycles. The lowest BCUT2D eigenvalue weighted by Crippen LogP contribution is -2.05. The second-order valence-corrected chi connectivity index (χ2v) is 6.29. The van der Waals surface area contributed by atoms with Crippen LogP contribution in [-0.2, 0) is 6.61 Å². The Labute approximate surface area is 156 Å². The zero-order chi connectivity index (χ0) is 18.8. The van der Waals surface area contributed by atoms with Crippen molar-refractivity contribution in [3.63, 3.8) is 0 Å². The van der Waals surface area contributed by atoms with E-state index in [4.69, 9.17) is 9.26 Å². The summed E-state index contributed by atoms with van der Waals surface area (Å²) in [6.07, 6.45) is 0. The molecular weight excluding hydrogens is 342 g/mol. The number of hydrogen-bond donors (Lipinski definition) is 0. The largest absolute Gasteiger partial charge is 0.472 e. The van der Waals surface area contributed by atoms with E-state index in [1.807, 2.05) is 63.2 Å². The van der Waals surface area contributed by atoms with E-state index in [1.165, 1.54) is 0 Å². The number of hydrogen-bond acceptors (Lipinski definition) is 6. The number of nitrogens with zero attached hydrogens (tertiary/aromatic N) is 5. The van der Waals surface area contributed by atoms with Gasteiger partial charge in [-0.3, -0.25) is 0 Å². The van der Waals surface area contributed by atoms with E-state index in [0.29, 0.717) is 18.3 Å². The van der Waals surface area contributed by atoms with Crippen molar-refractivity contribution in [1.29, 1.82) is 0 Å². The number of benzene rings is 1. The molecule has 7 nitrogen and oxygen atoms in total. The van der Waals surface area contributed by atoms with Gasteiger partial charge in [-0.1, -0.05) is 35.5 Å². The predicted molar refractivity (Wildman–Crippen MR) is 99.6 cm³/mol. The number of ether oxygens (including phenoxy) is 1. The van der Waals surface area contributed by atoms with Crippen molar-refractivity contribution in [2.24, 2.45) is 0 Å². The second-order valence-electron chi connectivity index (χ2n) is 6.29. The van der Waals surface area contributed by atoms with Crippen LogP contribution in [0.25, 0.3) is 17.1 Å². The van der Waals surface area contributed by atoms with Crippen LogP contribution in [-0.4, -0.2) is 25.1 Å². The summed E-state index contributed by atoms with van der Waals surface area (Å²) in [6, 6.07) is 15.5. The molecule has 0 N–H and O–H groups in total. The molecule has 0 saturated heterocycles. The summed E-state index contributed by atoms with van der Waals surface area (Å²) in [7, 11) is 0. The number of aryl methyl sites for hydroxylation is 3. The highest BCUT2D eigenvalue weighted by Crippen LogP contribution is 2.26. The molecule has 27 heavy (non-hydrogen) atoms. The van der Waals surface area contributed by atoms with Crippen molar-refractivity contribution >= 4 is 0 Å². The smallest absolute Gasteiger partial charge is 0.233 e. The molecule has 1 aromatic carbocycles. The number of aromatic nitrogens is 5. The van der Waals surface area contributed by atoms with Gasteiger partial charge < -0.3 is 9.26 Å². The quantitative estimate of drug-likeness (QED) is 0.538. The predicted octanol–water partition coefficient (Wildman–Crippen LogP) is 3.82. The first-order valence-corrected chi connectivity index (χ1v) is 8.62. The summed E-state index contributed by atoms with van der Waals surface area (Å²) in [5, 5.41) is 16.9. The second kappa shape index (κ2) is 7.03. The van der Waals surface area contributed by atoms with E-state index in [0.717, 1.165) is 34.0 Å². The third kappa shape index (κ3) is 3.44. The van der Waals surface area contributed by atoms with E-state index in [2.05, 4.69) is 20.5 Å². The lowest BCUT2D eigenvalue weighted by Gasteiger charge is -2.07. The molecule has 0 fully saturated rings. The Bertz CT molecular complexity index is 1050. The van der Waals surface area contributed by atoms with Crippen molar-refractivity contribution in [2.75, 3.05) is 0 Å². The molecule has 0 saturated carbocycles. The topological polar surface area (TPSA) is 78.9 Å². The Hall–Kier alpha value is -3.48. The van der Waals surface area contributed by atoms with E-state index >= 15 is 0 Å². The zero-order valence-corrected chi connectivity index (χ0v) is 15.4. The van der Waals surface area contributed by atoms with Crippen molar-refractivity contribution in [1.82, 2.24) is 25.1 Å². The summed E-state index contributed by atoms with van der Waals surface area (Å²) in [4.78, 5) is 0. The van der Waals surface area contributed by atoms with Crippen LogP contribution in [0.3, 0.4) is 0 Å². The van der Waals surface area contributed by atoms with Gasteiger partial charge in [0, 0.05) is 17.3 Å². The van der Waals surface area contributed by atoms with Gasteiger partial charge in [0.25, 0.3) is 0 Å². The first kappa shape index (κ1) is 17.0. The molecule has 0 spiro atoms. The van der Waals surface area contributed by atoms with Gasteiger partial charge in [0.05, 0.1) is 11.3 Å². The molecule has 0 amide bonds. The van der Waals surface area contributed by atoms with Crippen LogP contribution in [0.2, 0.25) is 0 Å². The number of rotatable bonds is 5. The molecule has 7 heteroatoms. The average Bonchev–Trinajstić information content (AvgIpc) is 3.22. The average molecular weight is 361 g/mol. The van der Waals surface area contributed by atoms with Crippen molar-refractivity contribution in [3.05, 3.63) is 71.2 Å². The van der Waals surface area contributed by atoms with Crippen LogP contribution in [0.1, 0.15) is 22.7 Å². The highest BCUT2D eigenvalue weighted by atomic mass is 16.5. The molecule has 4 aromatic rings. The summed E-state index contributed by atoms with van der Waals surface area (Å²) in [6.45, 7) is 6.09. The maximum atomic E-state index is 5.82. The van der Waals surface area contributed by atoms with Gasteiger partial charge in [0.15, 0.2) is 5.82 Å². The summed E-state index contributed by atoms with van der Waals surface area (Å²) >= 11 is 0. The molecule has 0 radical (unpaired) electrons. The molecule has 136 valence electrons. The minimum atomic E-state index is 0.299. The standard InChI is InChI=1S/C20H19N5O2/c1-13-11-14(2)25(23-13)18-9-10-19(22-21-18)26-12-17-15(3)27-24-20(17)16-7-5-4-6-8-16/h4-11H,12H2,1-3H3. The van der Waals surface area contributed by atoms with Gasteiger partial charge in [-0.25, -0.2) is 4.68 Å². The molecule has 0 unspecified atom stereocenters. The normalized spacial score (nSPS) is 10.9. The third-order valence-electron chi connectivity index (χ3n) is 4.25. The van der Waals surface area contributed by atoms with Crippen LogP contribution in [0.5, 0.6) is 5.88 Å². The fourth-order valence-electron chi connectivity index (χ4n) is 2.89. The molecule has 3 aromatic heterocycles. The Kier molecular flexibility index (Phi) is 4.42. The fraction of sp³-hybridized carbons (Fsp3) is 0.200. The summed E-state index contributed by atoms with van der Waals surface area (Å²) < 4.78 is 12.9. The van der Waals surface area contributed by atoms with Crippen molar-refractivity contribution in [2.45, 2.75) is 27.4 Å². The maximum Gasteiger partial charge on any atom is 0.233 e. The van der Waals surface area contributed by atoms with Crippen LogP contribution in [0.15, 0.2) is 53.1 Å². The Morgan fingerprint density at radius 2 is 1.81 bits per heavy atom. The highest BCUT2D eigenvalue weighted by molar-refractivity contribution is 5.63. The van der Waals surface area contributed by atoms with E-state index in [1.54, 1.807) is 10.7 Å². The van der Waals surface area contributed by atoms with Gasteiger partial charge in [-0.2, -0.15) is 5.10 Å². The van der Waals surface area contributed by atoms with Crippen LogP contribution >= 0.6 is 0 Å². The monoisotopic (exact) mass is 361 g/mol. The first-order valence-electron chi connectivity index (χ1n) is 8.62. The van der Waals surface area contributed by atoms with Crippen LogP contribution in [0, 0.1) is 20.8 Å². The zero-order valence-electron chi connectivity index (χ0n) is 15.4. The van der Waals surface area contributed by atoms with Crippen LogP contribution < -0.4 is 4.74 Å². The third-order valence-corrected chi connectivity index (χ3v) is 4.25. The lowest BCUT2D eigenvalue weighted by molar-refractivity contribution is 0.287. The van der Waals surface area contributed by atoms with Gasteiger partial charge in [-0.05, 0) is 32.9 Å². The van der Waals surface area contributed by atoms with Gasteiger partial charge in [-0.15, -0.1) is 10.2 Å². The molecule has 4 rings (SSSR count). The fourth-order valence-corrected chi connectivity index (χ4v) is 2.89. The SMILES string of the molecule is Cc1cc(C)n(-c2ccc(OCc3c(-c4ccccc4)noc3C)nn2)n1. The Morgan fingerprint density at radius 1 is 1.00 bits per heavy atom. The van der Waals surface area contributed by atoms with Crippen molar-refractivity contribution in [3.8, 4) is 23.0 Å². The lowest BCUT2D eigenvalue weighted by atomic mass is 10.1. The Morgan fingerprint density at radius 3 is 2.48 bits per heavy atom. The van der Waals surface area contributed by atoms with E-state index < -0.39 is 0 Å². The first-order chi connectivity index (χ1) is 13.1. The molecule has 0 aliphatic rings. The Balaban J connectivity index is 1.52. The minimum Gasteiger partial charge on any atom is -0.472 e. The molecular formula is C20H19N5O2. The van der Waals surface area contributed by atoms with E-state index in [-0.39, 0.29) is 0 Å². The molecule has 0 aliphatic heterocycles. The molecule has 0 bridgehead atoms. The van der Waals surface area contributed by atoms with Gasteiger partial charge in [0.1, 0.15) is 18.1 Å². The van der Waals surface area contributed by atoms with Gasteiger partial charge in [0.2, 0.25) is 5.88 Å².